The van der Waals surface area contributed by atoms with Gasteiger partial charge in [-0.15, -0.1) is 0 Å². The van der Waals surface area contributed by atoms with Crippen LogP contribution in [0.1, 0.15) is 73.6 Å². The number of benzene rings is 2. The molecule has 0 heterocycles. The van der Waals surface area contributed by atoms with Crippen molar-refractivity contribution in [3.63, 3.8) is 0 Å². The minimum absolute atomic E-state index is 0.0281. The summed E-state index contributed by atoms with van der Waals surface area (Å²) in [6.07, 6.45) is 2.81. The predicted octanol–water partition coefficient (Wildman–Crippen LogP) is 8.60. The topological polar surface area (TPSA) is 9.23 Å². The van der Waals surface area contributed by atoms with Crippen molar-refractivity contribution in [3.05, 3.63) is 70.8 Å². The summed E-state index contributed by atoms with van der Waals surface area (Å²) >= 11 is 0. The molecular weight excluding hydrogens is 423 g/mol. The van der Waals surface area contributed by atoms with Gasteiger partial charge in [-0.2, -0.15) is 13.2 Å². The van der Waals surface area contributed by atoms with Gasteiger partial charge in [-0.25, -0.2) is 8.78 Å². The largest absolute Gasteiger partial charge is 0.411 e. The zero-order valence-corrected chi connectivity index (χ0v) is 18.2. The molecule has 1 fully saturated rings. The summed E-state index contributed by atoms with van der Waals surface area (Å²) in [4.78, 5) is 0. The Balaban J connectivity index is 1.61. The lowest BCUT2D eigenvalue weighted by atomic mass is 9.77. The van der Waals surface area contributed by atoms with Crippen molar-refractivity contribution in [3.8, 4) is 0 Å². The van der Waals surface area contributed by atoms with Gasteiger partial charge in [0, 0.05) is 11.1 Å². The van der Waals surface area contributed by atoms with Crippen molar-refractivity contribution < 1.29 is 26.7 Å². The minimum atomic E-state index is -4.40. The first-order valence-corrected chi connectivity index (χ1v) is 11.2. The number of rotatable bonds is 8. The van der Waals surface area contributed by atoms with Crippen LogP contribution in [0.5, 0.6) is 0 Å². The number of ether oxygens (including phenoxy) is 1. The van der Waals surface area contributed by atoms with Crippen LogP contribution in [0.15, 0.2) is 48.5 Å². The molecule has 3 rings (SSSR count). The maximum Gasteiger partial charge on any atom is 0.411 e. The molecule has 0 atom stereocenters. The van der Waals surface area contributed by atoms with E-state index in [0.717, 1.165) is 18.8 Å². The van der Waals surface area contributed by atoms with Crippen LogP contribution >= 0.6 is 0 Å². The number of hydrogen-bond donors (Lipinski definition) is 0. The van der Waals surface area contributed by atoms with Gasteiger partial charge in [0.2, 0.25) is 0 Å². The Labute approximate surface area is 186 Å². The third-order valence-electron chi connectivity index (χ3n) is 6.11. The Morgan fingerprint density at radius 3 is 1.88 bits per heavy atom. The van der Waals surface area contributed by atoms with E-state index in [0.29, 0.717) is 11.5 Å². The summed E-state index contributed by atoms with van der Waals surface area (Å²) in [6, 6.07) is 12.5. The van der Waals surface area contributed by atoms with Gasteiger partial charge in [-0.05, 0) is 48.6 Å². The van der Waals surface area contributed by atoms with Gasteiger partial charge in [0.15, 0.2) is 11.7 Å². The number of alkyl halides is 3. The first-order chi connectivity index (χ1) is 15.3. The molecule has 0 saturated heterocycles. The van der Waals surface area contributed by atoms with Crippen LogP contribution in [0.25, 0.3) is 11.7 Å². The van der Waals surface area contributed by atoms with Crippen molar-refractivity contribution in [2.75, 3.05) is 6.61 Å². The van der Waals surface area contributed by atoms with E-state index in [1.807, 2.05) is 12.1 Å². The molecule has 0 bridgehead atoms. The highest BCUT2D eigenvalue weighted by atomic mass is 19.4. The molecule has 1 nitrogen and oxygen atoms in total. The molecule has 32 heavy (non-hydrogen) atoms. The fourth-order valence-corrected chi connectivity index (χ4v) is 4.38. The number of halogens is 5. The summed E-state index contributed by atoms with van der Waals surface area (Å²) in [7, 11) is 0. The van der Waals surface area contributed by atoms with Gasteiger partial charge in [0.1, 0.15) is 6.61 Å². The average Bonchev–Trinajstić information content (AvgIpc) is 2.79. The molecule has 1 aliphatic rings. The van der Waals surface area contributed by atoms with Crippen molar-refractivity contribution in [1.29, 1.82) is 0 Å². The van der Waals surface area contributed by atoms with E-state index < -0.39 is 24.4 Å². The van der Waals surface area contributed by atoms with E-state index in [2.05, 4.69) is 11.7 Å². The fraction of sp³-hybridized carbons (Fsp3) is 0.462. The summed E-state index contributed by atoms with van der Waals surface area (Å²) in [5.74, 6) is -0.668. The van der Waals surface area contributed by atoms with Crippen molar-refractivity contribution in [2.24, 2.45) is 5.92 Å². The predicted molar refractivity (Wildman–Crippen MR) is 117 cm³/mol. The molecule has 0 N–H and O–H groups in total. The standard InChI is InChI=1S/C26H29F5O/c1-2-3-18-4-8-20(9-5-18)21-12-14-23(15-13-21)25(28)24(27)22-10-6-19(7-11-22)16-32-17-26(29,30)31/h6-7,10-15,18,20H,2-5,8-9,16-17H2,1H3/b25-24-. The van der Waals surface area contributed by atoms with Gasteiger partial charge in [-0.3, -0.25) is 0 Å². The molecule has 2 aromatic carbocycles. The Morgan fingerprint density at radius 1 is 0.844 bits per heavy atom. The van der Waals surface area contributed by atoms with Crippen LogP contribution in [0.3, 0.4) is 0 Å². The van der Waals surface area contributed by atoms with E-state index in [4.69, 9.17) is 0 Å². The normalized spacial score (nSPS) is 20.2. The maximum atomic E-state index is 14.7. The third kappa shape index (κ3) is 6.89. The Bertz CT molecular complexity index is 876. The monoisotopic (exact) mass is 452 g/mol. The Kier molecular flexibility index (Phi) is 8.46. The van der Waals surface area contributed by atoms with Crippen LogP contribution < -0.4 is 0 Å². The van der Waals surface area contributed by atoms with Gasteiger partial charge >= 0.3 is 6.18 Å². The van der Waals surface area contributed by atoms with Crippen LogP contribution in [0.2, 0.25) is 0 Å². The lowest BCUT2D eigenvalue weighted by Gasteiger charge is -2.28. The molecule has 1 aliphatic carbocycles. The molecule has 0 aromatic heterocycles. The SMILES string of the molecule is CCCC1CCC(c2ccc(/C(F)=C(/F)c3ccc(COCC(F)(F)F)cc3)cc2)CC1. The van der Waals surface area contributed by atoms with E-state index >= 15 is 0 Å². The van der Waals surface area contributed by atoms with E-state index in [1.54, 1.807) is 12.1 Å². The average molecular weight is 453 g/mol. The zero-order valence-electron chi connectivity index (χ0n) is 18.2. The van der Waals surface area contributed by atoms with E-state index in [-0.39, 0.29) is 17.7 Å². The summed E-state index contributed by atoms with van der Waals surface area (Å²) < 4.78 is 70.3. The van der Waals surface area contributed by atoms with Crippen LogP contribution in [-0.4, -0.2) is 12.8 Å². The summed E-state index contributed by atoms with van der Waals surface area (Å²) in [6.45, 7) is 0.608. The smallest absolute Gasteiger partial charge is 0.367 e. The van der Waals surface area contributed by atoms with Crippen LogP contribution in [0.4, 0.5) is 22.0 Å². The first kappa shape index (κ1) is 24.4. The molecule has 0 aliphatic heterocycles. The quantitative estimate of drug-likeness (QED) is 0.288. The van der Waals surface area contributed by atoms with Crippen molar-refractivity contribution in [2.45, 2.75) is 64.1 Å². The van der Waals surface area contributed by atoms with Crippen molar-refractivity contribution >= 4 is 11.7 Å². The molecular formula is C26H29F5O. The summed E-state index contributed by atoms with van der Waals surface area (Å²) in [5, 5.41) is 0. The second kappa shape index (κ2) is 11.1. The second-order valence-corrected chi connectivity index (χ2v) is 8.56. The molecule has 1 saturated carbocycles. The highest BCUT2D eigenvalue weighted by Gasteiger charge is 2.27. The maximum absolute atomic E-state index is 14.7. The Hall–Kier alpha value is -2.21. The summed E-state index contributed by atoms with van der Waals surface area (Å²) in [5.41, 5.74) is 1.81. The van der Waals surface area contributed by atoms with Gasteiger partial charge in [-0.1, -0.05) is 68.3 Å². The minimum Gasteiger partial charge on any atom is -0.367 e. The lowest BCUT2D eigenvalue weighted by molar-refractivity contribution is -0.176. The Morgan fingerprint density at radius 2 is 1.38 bits per heavy atom. The van der Waals surface area contributed by atoms with Crippen molar-refractivity contribution in [1.82, 2.24) is 0 Å². The highest BCUT2D eigenvalue weighted by molar-refractivity contribution is 5.83. The zero-order chi connectivity index (χ0) is 23.1. The third-order valence-corrected chi connectivity index (χ3v) is 6.11. The molecule has 174 valence electrons. The van der Waals surface area contributed by atoms with Crippen LogP contribution in [0, 0.1) is 5.92 Å². The highest BCUT2D eigenvalue weighted by Crippen LogP contribution is 2.38. The fourth-order valence-electron chi connectivity index (χ4n) is 4.38. The molecule has 6 heteroatoms. The lowest BCUT2D eigenvalue weighted by Crippen LogP contribution is -2.16. The van der Waals surface area contributed by atoms with Gasteiger partial charge in [0.05, 0.1) is 6.61 Å². The number of hydrogen-bond acceptors (Lipinski definition) is 1. The van der Waals surface area contributed by atoms with E-state index in [1.165, 1.54) is 55.5 Å². The van der Waals surface area contributed by atoms with Crippen LogP contribution in [-0.2, 0) is 11.3 Å². The van der Waals surface area contributed by atoms with Gasteiger partial charge < -0.3 is 4.74 Å². The molecule has 0 spiro atoms. The molecule has 0 unspecified atom stereocenters. The molecule has 0 radical (unpaired) electrons. The van der Waals surface area contributed by atoms with E-state index in [9.17, 15) is 22.0 Å². The molecule has 2 aromatic rings. The first-order valence-electron chi connectivity index (χ1n) is 11.2. The second-order valence-electron chi connectivity index (χ2n) is 8.56. The molecule has 0 amide bonds. The van der Waals surface area contributed by atoms with Gasteiger partial charge in [0.25, 0.3) is 0 Å².